The number of amides is 8. The van der Waals surface area contributed by atoms with Gasteiger partial charge in [-0.1, -0.05) is 42.5 Å². The molecule has 418 valence electrons. The number of imide groups is 1. The van der Waals surface area contributed by atoms with Gasteiger partial charge in [0.25, 0.3) is 23.3 Å². The third-order valence-electron chi connectivity index (χ3n) is 14.2. The number of esters is 1. The Morgan fingerprint density at radius 1 is 0.838 bits per heavy atom. The van der Waals surface area contributed by atoms with Crippen molar-refractivity contribution in [3.05, 3.63) is 122 Å². The molecule has 9 rings (SSSR count). The van der Waals surface area contributed by atoms with E-state index in [1.54, 1.807) is 41.8 Å². The zero-order valence-corrected chi connectivity index (χ0v) is 43.7. The molecule has 2 aromatic carbocycles. The van der Waals surface area contributed by atoms with Crippen molar-refractivity contribution in [2.24, 2.45) is 0 Å². The van der Waals surface area contributed by atoms with E-state index in [1.807, 2.05) is 13.0 Å². The average Bonchev–Trinajstić information content (AvgIpc) is 4.22. The van der Waals surface area contributed by atoms with Crippen molar-refractivity contribution in [3.63, 3.8) is 0 Å². The molecule has 0 unspecified atom stereocenters. The van der Waals surface area contributed by atoms with Gasteiger partial charge in [0.05, 0.1) is 99.7 Å². The van der Waals surface area contributed by atoms with Gasteiger partial charge >= 0.3 is 5.97 Å². The maximum absolute atomic E-state index is 15.4. The number of carbonyl (C=O) groups excluding carboxylic acids is 9. The van der Waals surface area contributed by atoms with Crippen molar-refractivity contribution in [3.8, 4) is 11.4 Å². The third kappa shape index (κ3) is 12.4. The molecule has 3 aliphatic heterocycles. The topological polar surface area (TPSA) is 322 Å². The molecule has 3 aromatic heterocycles. The number of benzene rings is 2. The highest BCUT2D eigenvalue weighted by molar-refractivity contribution is 6.12. The molecule has 80 heavy (non-hydrogen) atoms. The maximum atomic E-state index is 15.4. The van der Waals surface area contributed by atoms with Crippen LogP contribution in [0.2, 0.25) is 0 Å². The molecule has 0 saturated heterocycles. The Bertz CT molecular complexity index is 3400. The van der Waals surface area contributed by atoms with Crippen LogP contribution < -0.4 is 37.5 Å². The van der Waals surface area contributed by atoms with E-state index in [0.29, 0.717) is 58.4 Å². The second-order valence-electron chi connectivity index (χ2n) is 19.3. The Hall–Kier alpha value is -9.04. The Morgan fingerprint density at radius 2 is 1.56 bits per heavy atom. The molecule has 26 heteroatoms. The van der Waals surface area contributed by atoms with Crippen molar-refractivity contribution in [2.45, 2.75) is 83.6 Å². The van der Waals surface area contributed by atoms with E-state index in [4.69, 9.17) is 19.2 Å². The van der Waals surface area contributed by atoms with E-state index >= 15 is 4.39 Å². The number of ether oxygens (including phenoxy) is 3. The molecule has 0 saturated carbocycles. The lowest BCUT2D eigenvalue weighted by atomic mass is 9.81. The Labute approximate surface area is 455 Å². The SMILES string of the molecule is CC[C@H]1C(=O)OCc2c1cc1n(c2=O)Cc2c-1nc1cc(F)c(C)c3c1c2[C@@H](NC(=O)c1cn(CCOCNC(=O)CNC(=O)[C@H](Cc2ccccc2)NC(=O)CNC(=O)CNC(=O)CCOCCN2C(=O)C=CC2=O)nn1)CC3. The first-order valence-electron chi connectivity index (χ1n) is 26.0. The summed E-state index contributed by atoms with van der Waals surface area (Å²) in [5.41, 5.74) is 5.50. The van der Waals surface area contributed by atoms with Crippen molar-refractivity contribution in [1.82, 2.24) is 61.3 Å². The first-order chi connectivity index (χ1) is 38.6. The number of hydrogen-bond donors (Lipinski definition) is 6. The highest BCUT2D eigenvalue weighted by Crippen LogP contribution is 2.45. The molecule has 0 fully saturated rings. The molecule has 8 amide bonds. The van der Waals surface area contributed by atoms with E-state index in [2.05, 4.69) is 42.2 Å². The maximum Gasteiger partial charge on any atom is 0.313 e. The summed E-state index contributed by atoms with van der Waals surface area (Å²) in [7, 11) is 0. The van der Waals surface area contributed by atoms with Crippen molar-refractivity contribution in [2.75, 3.05) is 52.7 Å². The number of cyclic esters (lactones) is 1. The van der Waals surface area contributed by atoms with Gasteiger partial charge < -0.3 is 50.7 Å². The number of pyridine rings is 2. The fourth-order valence-electron chi connectivity index (χ4n) is 10.1. The molecule has 1 aliphatic carbocycles. The standard InChI is InChI=1S/C54H57FN12O13/c1-3-31-33-20-41-50-34(25-67(41)53(76)35(33)27-80-54(31)77)49-37(10-9-32-29(2)36(55)21-38(61-50)48(32)49)62-52(75)40-26-65(64-63-40)14-17-79-28-59-44(70)23-58-51(74)39(19-30-7-5-4-6-8-30)60-45(71)24-57-43(69)22-56-42(68)13-16-78-18-15-66-46(72)11-12-47(66)73/h4-8,11-12,20-21,26,31,37,39H,3,9-10,13-19,22-25,27-28H2,1-2H3,(H,56,68)(H,57,69)(H,58,74)(H,59,70)(H,60,71)(H,62,75)/t31-,37+,39+/m1/s1. The fourth-order valence-corrected chi connectivity index (χ4v) is 10.1. The summed E-state index contributed by atoms with van der Waals surface area (Å²) in [5.74, 6) is -6.05. The Kier molecular flexibility index (Phi) is 17.2. The number of aryl methyl sites for hydroxylation is 1. The van der Waals surface area contributed by atoms with Gasteiger partial charge in [0, 0.05) is 42.0 Å². The first-order valence-corrected chi connectivity index (χ1v) is 26.0. The van der Waals surface area contributed by atoms with Crippen LogP contribution in [0.25, 0.3) is 22.3 Å². The largest absolute Gasteiger partial charge is 0.460 e. The summed E-state index contributed by atoms with van der Waals surface area (Å²) in [5, 5.41) is 24.3. The van der Waals surface area contributed by atoms with Gasteiger partial charge in [0.15, 0.2) is 5.69 Å². The van der Waals surface area contributed by atoms with Crippen molar-refractivity contribution < 1.29 is 61.8 Å². The lowest BCUT2D eigenvalue weighted by Crippen LogP contribution is -2.52. The summed E-state index contributed by atoms with van der Waals surface area (Å²) in [4.78, 5) is 133. The number of hydrogen-bond acceptors (Lipinski definition) is 16. The molecule has 5 aromatic rings. The minimum Gasteiger partial charge on any atom is -0.460 e. The summed E-state index contributed by atoms with van der Waals surface area (Å²) >= 11 is 0. The van der Waals surface area contributed by atoms with Crippen LogP contribution in [0.5, 0.6) is 0 Å². The molecule has 3 atom stereocenters. The molecule has 0 radical (unpaired) electrons. The van der Waals surface area contributed by atoms with Gasteiger partial charge in [-0.05, 0) is 60.1 Å². The number of carbonyl (C=O) groups is 9. The smallest absolute Gasteiger partial charge is 0.313 e. The quantitative estimate of drug-likeness (QED) is 0.0200. The zero-order chi connectivity index (χ0) is 56.6. The highest BCUT2D eigenvalue weighted by atomic mass is 19.1. The molecular formula is C54H57FN12O13. The second kappa shape index (κ2) is 24.7. The third-order valence-corrected chi connectivity index (χ3v) is 14.2. The average molecular weight is 1100 g/mol. The highest BCUT2D eigenvalue weighted by Gasteiger charge is 2.38. The number of nitrogens with one attached hydrogen (secondary N) is 6. The Balaban J connectivity index is 0.718. The van der Waals surface area contributed by atoms with Crippen LogP contribution in [0.1, 0.15) is 87.6 Å². The van der Waals surface area contributed by atoms with E-state index in [9.17, 15) is 47.9 Å². The molecule has 6 N–H and O–H groups in total. The predicted octanol–water partition coefficient (Wildman–Crippen LogP) is -0.0700. The summed E-state index contributed by atoms with van der Waals surface area (Å²) in [6.07, 6.45) is 5.00. The number of halogens is 1. The predicted molar refractivity (Wildman–Crippen MR) is 278 cm³/mol. The second-order valence-corrected chi connectivity index (χ2v) is 19.3. The number of fused-ring (bicyclic) bond motifs is 5. The first kappa shape index (κ1) is 55.7. The van der Waals surface area contributed by atoms with Gasteiger partial charge in [0.2, 0.25) is 29.5 Å². The lowest BCUT2D eigenvalue weighted by molar-refractivity contribution is -0.148. The van der Waals surface area contributed by atoms with E-state index in [-0.39, 0.29) is 76.9 Å². The summed E-state index contributed by atoms with van der Waals surface area (Å²) in [6.45, 7) is 2.07. The molecule has 6 heterocycles. The van der Waals surface area contributed by atoms with Crippen LogP contribution in [0, 0.1) is 12.7 Å². The molecule has 0 bridgehead atoms. The van der Waals surface area contributed by atoms with Crippen LogP contribution in [-0.2, 0) is 85.1 Å². The molecular weight excluding hydrogens is 1040 g/mol. The van der Waals surface area contributed by atoms with Gasteiger partial charge in [-0.3, -0.25) is 52.8 Å². The number of aromatic nitrogens is 5. The molecule has 25 nitrogen and oxygen atoms in total. The summed E-state index contributed by atoms with van der Waals surface area (Å²) < 4.78 is 34.6. The van der Waals surface area contributed by atoms with Crippen LogP contribution in [-0.4, -0.2) is 141 Å². The van der Waals surface area contributed by atoms with Crippen molar-refractivity contribution in [1.29, 1.82) is 0 Å². The monoisotopic (exact) mass is 1100 g/mol. The van der Waals surface area contributed by atoms with Gasteiger partial charge in [-0.15, -0.1) is 5.10 Å². The van der Waals surface area contributed by atoms with E-state index < -0.39 is 96.7 Å². The van der Waals surface area contributed by atoms with Crippen LogP contribution >= 0.6 is 0 Å². The summed E-state index contributed by atoms with van der Waals surface area (Å²) in [6, 6.07) is 10.3. The minimum atomic E-state index is -1.14. The minimum absolute atomic E-state index is 0.0107. The van der Waals surface area contributed by atoms with Crippen LogP contribution in [0.4, 0.5) is 4.39 Å². The van der Waals surface area contributed by atoms with Crippen LogP contribution in [0.15, 0.2) is 65.6 Å². The van der Waals surface area contributed by atoms with E-state index in [1.165, 1.54) is 16.9 Å². The number of nitrogens with zero attached hydrogens (tertiary/aromatic N) is 6. The Morgan fingerprint density at radius 3 is 2.34 bits per heavy atom. The molecule has 4 aliphatic rings. The zero-order valence-electron chi connectivity index (χ0n) is 43.7. The lowest BCUT2D eigenvalue weighted by Gasteiger charge is -2.29. The van der Waals surface area contributed by atoms with Gasteiger partial charge in [0.1, 0.15) is 25.2 Å². The van der Waals surface area contributed by atoms with E-state index in [0.717, 1.165) is 39.1 Å². The number of rotatable bonds is 24. The van der Waals surface area contributed by atoms with Crippen molar-refractivity contribution >= 4 is 64.1 Å². The van der Waals surface area contributed by atoms with Gasteiger partial charge in [-0.25, -0.2) is 14.1 Å². The molecule has 0 spiro atoms. The normalized spacial score (nSPS) is 16.1. The van der Waals surface area contributed by atoms with Crippen LogP contribution in [0.3, 0.4) is 0 Å². The van der Waals surface area contributed by atoms with Gasteiger partial charge in [-0.2, -0.15) is 0 Å². The fraction of sp³-hybridized carbons (Fsp3) is 0.389.